The minimum atomic E-state index is -3.67. The summed E-state index contributed by atoms with van der Waals surface area (Å²) in [5.74, 6) is -0.101. The van der Waals surface area contributed by atoms with Crippen LogP contribution >= 0.6 is 0 Å². The third kappa shape index (κ3) is 2.54. The molecule has 28 heavy (non-hydrogen) atoms. The van der Waals surface area contributed by atoms with Crippen LogP contribution in [0.2, 0.25) is 0 Å². The van der Waals surface area contributed by atoms with Crippen molar-refractivity contribution in [1.82, 2.24) is 4.72 Å². The maximum Gasteiger partial charge on any atom is 0.240 e. The van der Waals surface area contributed by atoms with Crippen LogP contribution in [0.5, 0.6) is 0 Å². The van der Waals surface area contributed by atoms with Gasteiger partial charge in [0.05, 0.1) is 4.90 Å². The first-order valence-corrected chi connectivity index (χ1v) is 11.0. The second kappa shape index (κ2) is 6.27. The number of nitrogens with two attached hydrogens (primary N) is 1. The van der Waals surface area contributed by atoms with Crippen molar-refractivity contribution >= 4 is 10.0 Å². The van der Waals surface area contributed by atoms with Gasteiger partial charge < -0.3 is 5.73 Å². The van der Waals surface area contributed by atoms with Gasteiger partial charge in [0.1, 0.15) is 0 Å². The van der Waals surface area contributed by atoms with Gasteiger partial charge in [-0.05, 0) is 41.3 Å². The molecule has 0 saturated carbocycles. The second-order valence-electron chi connectivity index (χ2n) is 7.75. The Labute approximate surface area is 165 Å². The highest BCUT2D eigenvalue weighted by Gasteiger charge is 2.49. The summed E-state index contributed by atoms with van der Waals surface area (Å²) in [6.07, 6.45) is 0. The van der Waals surface area contributed by atoms with E-state index in [1.54, 1.807) is 12.1 Å². The molecule has 142 valence electrons. The van der Waals surface area contributed by atoms with Crippen LogP contribution in [0.4, 0.5) is 0 Å². The van der Waals surface area contributed by atoms with Crippen LogP contribution in [0.15, 0.2) is 77.7 Å². The van der Waals surface area contributed by atoms with E-state index in [9.17, 15) is 8.42 Å². The Hall–Kier alpha value is -2.47. The molecule has 0 unspecified atom stereocenters. The van der Waals surface area contributed by atoms with Gasteiger partial charge in [-0.15, -0.1) is 0 Å². The van der Waals surface area contributed by atoms with Gasteiger partial charge in [0.2, 0.25) is 10.0 Å². The quantitative estimate of drug-likeness (QED) is 0.721. The van der Waals surface area contributed by atoms with Gasteiger partial charge in [-0.25, -0.2) is 13.1 Å². The van der Waals surface area contributed by atoms with E-state index in [2.05, 4.69) is 29.0 Å². The van der Waals surface area contributed by atoms with Crippen LogP contribution in [0.3, 0.4) is 0 Å². The summed E-state index contributed by atoms with van der Waals surface area (Å²) >= 11 is 0. The molecule has 0 heterocycles. The third-order valence-corrected chi connectivity index (χ3v) is 7.59. The van der Waals surface area contributed by atoms with Crippen LogP contribution in [-0.4, -0.2) is 20.5 Å². The lowest BCUT2D eigenvalue weighted by atomic mass is 9.59. The molecular formula is C23H22N2O2S. The van der Waals surface area contributed by atoms with E-state index in [-0.39, 0.29) is 28.8 Å². The molecule has 0 fully saturated rings. The fourth-order valence-corrected chi connectivity index (χ4v) is 6.11. The van der Waals surface area contributed by atoms with E-state index >= 15 is 0 Å². The molecule has 0 saturated heterocycles. The monoisotopic (exact) mass is 390 g/mol. The Bertz CT molecular complexity index is 1110. The van der Waals surface area contributed by atoms with Crippen molar-refractivity contribution in [2.24, 2.45) is 5.73 Å². The number of fused-ring (bicyclic) bond motifs is 1. The number of hydrogen-bond acceptors (Lipinski definition) is 3. The summed E-state index contributed by atoms with van der Waals surface area (Å²) in [4.78, 5) is 0.272. The first kappa shape index (κ1) is 17.6. The fourth-order valence-electron chi connectivity index (χ4n) is 4.83. The molecule has 3 N–H and O–H groups in total. The predicted molar refractivity (Wildman–Crippen MR) is 110 cm³/mol. The highest BCUT2D eigenvalue weighted by Crippen LogP contribution is 2.52. The minimum Gasteiger partial charge on any atom is -0.325 e. The zero-order chi connectivity index (χ0) is 19.5. The summed E-state index contributed by atoms with van der Waals surface area (Å²) in [5, 5.41) is 0. The summed E-state index contributed by atoms with van der Waals surface area (Å²) in [7, 11) is -3.67. The van der Waals surface area contributed by atoms with E-state index in [1.165, 1.54) is 22.3 Å². The van der Waals surface area contributed by atoms with E-state index in [4.69, 9.17) is 5.73 Å². The molecule has 3 aliphatic rings. The Morgan fingerprint density at radius 3 is 1.71 bits per heavy atom. The molecule has 2 atom stereocenters. The fraction of sp³-hybridized carbons (Fsp3) is 0.217. The zero-order valence-corrected chi connectivity index (χ0v) is 16.4. The molecule has 0 amide bonds. The number of sulfonamides is 1. The van der Waals surface area contributed by atoms with Crippen LogP contribution in [0, 0.1) is 6.92 Å². The molecule has 5 heteroatoms. The summed E-state index contributed by atoms with van der Waals surface area (Å²) in [5.41, 5.74) is 12.5. The van der Waals surface area contributed by atoms with Crippen LogP contribution in [-0.2, 0) is 10.0 Å². The maximum atomic E-state index is 13.1. The average Bonchev–Trinajstić information content (AvgIpc) is 2.70. The van der Waals surface area contributed by atoms with Crippen molar-refractivity contribution < 1.29 is 8.42 Å². The van der Waals surface area contributed by atoms with Gasteiger partial charge in [0.25, 0.3) is 0 Å². The Morgan fingerprint density at radius 2 is 1.21 bits per heavy atom. The van der Waals surface area contributed by atoms with Crippen molar-refractivity contribution in [1.29, 1.82) is 0 Å². The molecule has 0 aliphatic heterocycles. The molecule has 3 aromatic rings. The lowest BCUT2D eigenvalue weighted by Crippen LogP contribution is -2.59. The molecule has 3 aliphatic carbocycles. The lowest BCUT2D eigenvalue weighted by molar-refractivity contribution is 0.359. The average molecular weight is 391 g/mol. The SMILES string of the molecule is Cc1ccc(S(=O)(=O)N[C@H]2C3c4ccccc4C(c4ccccc43)[C@H]2N)cc1. The smallest absolute Gasteiger partial charge is 0.240 e. The highest BCUT2D eigenvalue weighted by molar-refractivity contribution is 7.89. The predicted octanol–water partition coefficient (Wildman–Crippen LogP) is 3.26. The number of hydrogen-bond donors (Lipinski definition) is 2. The van der Waals surface area contributed by atoms with Gasteiger partial charge in [0, 0.05) is 23.9 Å². The Kier molecular flexibility index (Phi) is 3.95. The zero-order valence-electron chi connectivity index (χ0n) is 15.5. The molecule has 0 radical (unpaired) electrons. The number of nitrogens with one attached hydrogen (secondary N) is 1. The van der Waals surface area contributed by atoms with Crippen molar-refractivity contribution in [3.05, 3.63) is 101 Å². The first-order valence-electron chi connectivity index (χ1n) is 9.49. The minimum absolute atomic E-state index is 0.0110. The van der Waals surface area contributed by atoms with Crippen LogP contribution < -0.4 is 10.5 Å². The number of rotatable bonds is 3. The Morgan fingerprint density at radius 1 is 0.750 bits per heavy atom. The Balaban J connectivity index is 1.61. The van der Waals surface area contributed by atoms with Crippen LogP contribution in [0.1, 0.15) is 39.7 Å². The maximum absolute atomic E-state index is 13.1. The molecule has 2 bridgehead atoms. The van der Waals surface area contributed by atoms with E-state index < -0.39 is 10.0 Å². The number of benzene rings is 3. The van der Waals surface area contributed by atoms with Gasteiger partial charge >= 0.3 is 0 Å². The molecule has 3 aromatic carbocycles. The van der Waals surface area contributed by atoms with Gasteiger partial charge in [-0.1, -0.05) is 66.2 Å². The van der Waals surface area contributed by atoms with E-state index in [0.29, 0.717) is 0 Å². The first-order chi connectivity index (χ1) is 13.5. The largest absolute Gasteiger partial charge is 0.325 e. The molecule has 0 spiro atoms. The van der Waals surface area contributed by atoms with Crippen molar-refractivity contribution in [2.75, 3.05) is 0 Å². The molecule has 4 nitrogen and oxygen atoms in total. The second-order valence-corrected chi connectivity index (χ2v) is 9.46. The van der Waals surface area contributed by atoms with Crippen LogP contribution in [0.25, 0.3) is 0 Å². The van der Waals surface area contributed by atoms with Gasteiger partial charge in [0.15, 0.2) is 0 Å². The summed E-state index contributed by atoms with van der Waals surface area (Å²) in [6.45, 7) is 1.94. The van der Waals surface area contributed by atoms with E-state index in [1.807, 2.05) is 43.3 Å². The lowest BCUT2D eigenvalue weighted by Gasteiger charge is -2.49. The summed E-state index contributed by atoms with van der Waals surface area (Å²) < 4.78 is 29.1. The van der Waals surface area contributed by atoms with Gasteiger partial charge in [-0.2, -0.15) is 0 Å². The summed E-state index contributed by atoms with van der Waals surface area (Å²) in [6, 6.07) is 22.7. The van der Waals surface area contributed by atoms with Crippen molar-refractivity contribution in [3.8, 4) is 0 Å². The highest BCUT2D eigenvalue weighted by atomic mass is 32.2. The molecular weight excluding hydrogens is 368 g/mol. The normalized spacial score (nSPS) is 25.2. The topological polar surface area (TPSA) is 72.2 Å². The van der Waals surface area contributed by atoms with Gasteiger partial charge in [-0.3, -0.25) is 0 Å². The standard InChI is InChI=1S/C23H22N2O2S/c1-14-10-12-15(13-11-14)28(26,27)25-23-21-18-8-4-2-6-16(18)20(22(23)24)17-7-3-5-9-19(17)21/h2-13,20-23,25H,24H2,1H3/t20?,21?,22-,23+/m1/s1. The van der Waals surface area contributed by atoms with E-state index in [0.717, 1.165) is 5.56 Å². The number of aryl methyl sites for hydroxylation is 1. The molecule has 0 aromatic heterocycles. The van der Waals surface area contributed by atoms with Crippen molar-refractivity contribution in [2.45, 2.75) is 35.7 Å². The third-order valence-electron chi connectivity index (χ3n) is 6.11. The van der Waals surface area contributed by atoms with Crippen molar-refractivity contribution in [3.63, 3.8) is 0 Å². The molecule has 6 rings (SSSR count).